The van der Waals surface area contributed by atoms with E-state index in [1.54, 1.807) is 16.7 Å². The second-order valence-electron chi connectivity index (χ2n) is 10.8. The minimum absolute atomic E-state index is 0.117. The lowest BCUT2D eigenvalue weighted by atomic mass is 10.0. The van der Waals surface area contributed by atoms with Gasteiger partial charge in [0.25, 0.3) is 5.91 Å². The van der Waals surface area contributed by atoms with Crippen LogP contribution in [0.3, 0.4) is 0 Å². The summed E-state index contributed by atoms with van der Waals surface area (Å²) < 4.78 is 0. The average molecular weight is 570 g/mol. The van der Waals surface area contributed by atoms with Crippen molar-refractivity contribution in [3.8, 4) is 0 Å². The van der Waals surface area contributed by atoms with Crippen LogP contribution in [-0.4, -0.2) is 56.0 Å². The van der Waals surface area contributed by atoms with E-state index >= 15 is 0 Å². The van der Waals surface area contributed by atoms with Crippen LogP contribution in [-0.2, 0) is 4.79 Å². The van der Waals surface area contributed by atoms with Crippen molar-refractivity contribution in [1.29, 1.82) is 0 Å². The highest BCUT2D eigenvalue weighted by Crippen LogP contribution is 2.48. The Morgan fingerprint density at radius 1 is 1.10 bits per heavy atom. The fourth-order valence-electron chi connectivity index (χ4n) is 4.90. The van der Waals surface area contributed by atoms with Gasteiger partial charge in [0.15, 0.2) is 5.70 Å². The number of thioether (sulfide) groups is 1. The molecule has 0 saturated heterocycles. The molecule has 2 aliphatic heterocycles. The number of hydrogen-bond donors (Lipinski definition) is 3. The molecule has 0 bridgehead atoms. The van der Waals surface area contributed by atoms with E-state index in [-0.39, 0.29) is 5.91 Å². The van der Waals surface area contributed by atoms with Crippen LogP contribution in [0.4, 0.5) is 22.7 Å². The number of benzene rings is 2. The first-order valence-electron chi connectivity index (χ1n) is 14.1. The normalized spacial score (nSPS) is 18.2. The third kappa shape index (κ3) is 6.21. The highest BCUT2D eigenvalue weighted by Gasteiger charge is 2.37. The van der Waals surface area contributed by atoms with E-state index in [1.165, 1.54) is 5.56 Å². The predicted octanol–water partition coefficient (Wildman–Crippen LogP) is 6.59. The van der Waals surface area contributed by atoms with Crippen molar-refractivity contribution in [3.63, 3.8) is 0 Å². The zero-order valence-corrected chi connectivity index (χ0v) is 25.5. The molecule has 2 aromatic carbocycles. The zero-order chi connectivity index (χ0) is 29.1. The fraction of sp³-hybridized carbons (Fsp3) is 0.312. The molecule has 0 unspecified atom stereocenters. The molecular formula is C32H39N7OS. The van der Waals surface area contributed by atoms with Gasteiger partial charge in [-0.2, -0.15) is 0 Å². The van der Waals surface area contributed by atoms with Crippen molar-refractivity contribution < 1.29 is 4.79 Å². The Kier molecular flexibility index (Phi) is 8.56. The third-order valence-electron chi connectivity index (χ3n) is 7.02. The van der Waals surface area contributed by atoms with Crippen LogP contribution in [0, 0.1) is 0 Å². The molecule has 5 rings (SSSR count). The quantitative estimate of drug-likeness (QED) is 0.244. The Hall–Kier alpha value is -3.95. The molecule has 0 radical (unpaired) electrons. The van der Waals surface area contributed by atoms with E-state index < -0.39 is 0 Å². The highest BCUT2D eigenvalue weighted by molar-refractivity contribution is 8.03. The highest BCUT2D eigenvalue weighted by atomic mass is 32.2. The smallest absolute Gasteiger partial charge is 0.282 e. The van der Waals surface area contributed by atoms with Crippen LogP contribution >= 0.6 is 11.8 Å². The van der Waals surface area contributed by atoms with E-state index in [4.69, 9.17) is 4.99 Å². The summed E-state index contributed by atoms with van der Waals surface area (Å²) in [6.45, 7) is 7.63. The molecule has 2 aromatic rings. The summed E-state index contributed by atoms with van der Waals surface area (Å²) in [7, 11) is 5.92. The number of nitrogens with zero attached hydrogens (tertiary/aromatic N) is 4. The van der Waals surface area contributed by atoms with Gasteiger partial charge in [0.2, 0.25) is 5.96 Å². The van der Waals surface area contributed by atoms with Gasteiger partial charge in [-0.1, -0.05) is 62.1 Å². The molecule has 41 heavy (non-hydrogen) atoms. The molecule has 0 spiro atoms. The number of hydrogen-bond acceptors (Lipinski definition) is 8. The minimum Gasteiger partial charge on any atom is -0.384 e. The SMILES string of the molecule is CCNc1ccc(NN(C)C)cc1NC1=N/C(=C2\Sc3ccc(C(C)C)cc3N2C)C(=O)N1CC1=CC=CCC=C1. The number of carbonyl (C=O) groups is 1. The Morgan fingerprint density at radius 3 is 2.68 bits per heavy atom. The summed E-state index contributed by atoms with van der Waals surface area (Å²) in [4.78, 5) is 24.1. The largest absolute Gasteiger partial charge is 0.384 e. The number of allylic oxidation sites excluding steroid dienone is 4. The Labute approximate surface area is 247 Å². The molecule has 2 heterocycles. The number of guanidine groups is 1. The average Bonchev–Trinajstić information content (AvgIpc) is 3.27. The van der Waals surface area contributed by atoms with Gasteiger partial charge in [-0.25, -0.2) is 10.0 Å². The van der Waals surface area contributed by atoms with Crippen molar-refractivity contribution in [2.45, 2.75) is 38.0 Å². The lowest BCUT2D eigenvalue weighted by Crippen LogP contribution is -2.38. The zero-order valence-electron chi connectivity index (χ0n) is 24.7. The number of anilines is 4. The minimum atomic E-state index is -0.117. The first-order valence-corrected chi connectivity index (χ1v) is 14.9. The number of amides is 1. The van der Waals surface area contributed by atoms with Gasteiger partial charge >= 0.3 is 0 Å². The van der Waals surface area contributed by atoms with Crippen LogP contribution in [0.5, 0.6) is 0 Å². The monoisotopic (exact) mass is 569 g/mol. The van der Waals surface area contributed by atoms with E-state index in [0.29, 0.717) is 24.1 Å². The molecule has 3 aliphatic rings. The van der Waals surface area contributed by atoms with Crippen LogP contribution in [0.25, 0.3) is 0 Å². The lowest BCUT2D eigenvalue weighted by molar-refractivity contribution is -0.122. The standard InChI is InChI=1S/C32H39N7OS/c1-7-33-25-16-15-24(36-37(4)5)19-26(25)34-32-35-29(30(40)39(32)20-22-12-10-8-9-11-13-22)31-38(6)27-18-23(21(2)3)14-17-28(27)41-31/h8,10-19,21,33,36H,7,9,20H2,1-6H3,(H,34,35)/b31-29-. The number of carbonyl (C=O) groups excluding carboxylic acids is 1. The van der Waals surface area contributed by atoms with Crippen LogP contribution < -0.4 is 21.0 Å². The lowest BCUT2D eigenvalue weighted by Gasteiger charge is -2.22. The second kappa shape index (κ2) is 12.3. The molecule has 3 N–H and O–H groups in total. The van der Waals surface area contributed by atoms with Gasteiger partial charge in [-0.15, -0.1) is 0 Å². The summed E-state index contributed by atoms with van der Waals surface area (Å²) in [5.74, 6) is 0.814. The first kappa shape index (κ1) is 28.6. The number of nitrogens with one attached hydrogen (secondary N) is 3. The number of hydrazine groups is 1. The van der Waals surface area contributed by atoms with Crippen molar-refractivity contribution >= 4 is 46.4 Å². The number of rotatable bonds is 8. The predicted molar refractivity (Wildman–Crippen MR) is 173 cm³/mol. The summed E-state index contributed by atoms with van der Waals surface area (Å²) in [6.07, 6.45) is 11.3. The van der Waals surface area contributed by atoms with Crippen LogP contribution in [0.1, 0.15) is 38.7 Å². The van der Waals surface area contributed by atoms with Crippen molar-refractivity contribution in [2.24, 2.45) is 4.99 Å². The van der Waals surface area contributed by atoms with Crippen molar-refractivity contribution in [2.75, 3.05) is 55.2 Å². The van der Waals surface area contributed by atoms with E-state index in [9.17, 15) is 4.79 Å². The van der Waals surface area contributed by atoms with Crippen LogP contribution in [0.2, 0.25) is 0 Å². The molecular weight excluding hydrogens is 530 g/mol. The summed E-state index contributed by atoms with van der Waals surface area (Å²) in [5.41, 5.74) is 9.88. The maximum Gasteiger partial charge on any atom is 0.282 e. The van der Waals surface area contributed by atoms with E-state index in [2.05, 4.69) is 84.2 Å². The molecule has 214 valence electrons. The van der Waals surface area contributed by atoms with Gasteiger partial charge < -0.3 is 21.0 Å². The third-order valence-corrected chi connectivity index (χ3v) is 8.25. The fourth-order valence-corrected chi connectivity index (χ4v) is 6.01. The van der Waals surface area contributed by atoms with E-state index in [0.717, 1.165) is 51.2 Å². The summed E-state index contributed by atoms with van der Waals surface area (Å²) >= 11 is 1.60. The number of aliphatic imine (C=N–C) groups is 1. The van der Waals surface area contributed by atoms with Crippen LogP contribution in [0.15, 0.2) is 93.0 Å². The maximum atomic E-state index is 14.1. The molecule has 0 fully saturated rings. The first-order chi connectivity index (χ1) is 19.7. The van der Waals surface area contributed by atoms with Gasteiger partial charge in [-0.3, -0.25) is 9.69 Å². The Morgan fingerprint density at radius 2 is 1.93 bits per heavy atom. The second-order valence-corrected chi connectivity index (χ2v) is 11.8. The molecule has 0 aromatic heterocycles. The molecule has 0 atom stereocenters. The van der Waals surface area contributed by atoms with Crippen molar-refractivity contribution in [3.05, 3.63) is 88.6 Å². The Balaban J connectivity index is 1.55. The topological polar surface area (TPSA) is 75.2 Å². The summed E-state index contributed by atoms with van der Waals surface area (Å²) in [6, 6.07) is 12.6. The maximum absolute atomic E-state index is 14.1. The van der Waals surface area contributed by atoms with Gasteiger partial charge in [-0.05, 0) is 60.7 Å². The van der Waals surface area contributed by atoms with E-state index in [1.807, 2.05) is 50.4 Å². The van der Waals surface area contributed by atoms with Crippen molar-refractivity contribution in [1.82, 2.24) is 9.91 Å². The van der Waals surface area contributed by atoms with Gasteiger partial charge in [0.05, 0.1) is 29.3 Å². The molecule has 0 saturated carbocycles. The molecule has 1 aliphatic carbocycles. The summed E-state index contributed by atoms with van der Waals surface area (Å²) in [5, 5.41) is 9.67. The molecule has 9 heteroatoms. The van der Waals surface area contributed by atoms with Gasteiger partial charge in [0.1, 0.15) is 5.03 Å². The molecule has 8 nitrogen and oxygen atoms in total. The molecule has 1 amide bonds. The number of fused-ring (bicyclic) bond motifs is 1. The Bertz CT molecular complexity index is 1480. The van der Waals surface area contributed by atoms with Gasteiger partial charge in [0, 0.05) is 32.6 Å².